The van der Waals surface area contributed by atoms with E-state index in [2.05, 4.69) is 0 Å². The van der Waals surface area contributed by atoms with Crippen LogP contribution in [0.5, 0.6) is 17.2 Å². The van der Waals surface area contributed by atoms with Gasteiger partial charge in [0.05, 0.1) is 11.4 Å². The molecule has 2 aliphatic heterocycles. The van der Waals surface area contributed by atoms with Crippen molar-refractivity contribution in [3.8, 4) is 17.2 Å². The zero-order valence-electron chi connectivity index (χ0n) is 17.6. The summed E-state index contributed by atoms with van der Waals surface area (Å²) in [5.41, 5.74) is 2.27. The smallest absolute Gasteiger partial charge is 0.293 e. The van der Waals surface area contributed by atoms with Crippen molar-refractivity contribution in [2.75, 3.05) is 6.79 Å². The minimum atomic E-state index is -0.372. The van der Waals surface area contributed by atoms with Crippen molar-refractivity contribution in [1.29, 1.82) is 0 Å². The SMILES string of the molecule is O=C1S/C(=C/c2ccc(OCc3ccccc3Cl)cc2)C(=O)N1Cc1cc2c(cc1Cl)OCO2. The molecule has 2 heterocycles. The zero-order valence-corrected chi connectivity index (χ0v) is 20.0. The van der Waals surface area contributed by atoms with E-state index >= 15 is 0 Å². The second-order valence-electron chi connectivity index (χ2n) is 7.51. The fraction of sp³-hybridized carbons (Fsp3) is 0.120. The van der Waals surface area contributed by atoms with Crippen molar-refractivity contribution in [2.45, 2.75) is 13.2 Å². The van der Waals surface area contributed by atoms with Crippen LogP contribution in [-0.4, -0.2) is 22.8 Å². The summed E-state index contributed by atoms with van der Waals surface area (Å²) >= 11 is 13.4. The number of hydrogen-bond donors (Lipinski definition) is 0. The summed E-state index contributed by atoms with van der Waals surface area (Å²) < 4.78 is 16.5. The van der Waals surface area contributed by atoms with Crippen LogP contribution >= 0.6 is 35.0 Å². The molecule has 6 nitrogen and oxygen atoms in total. The summed E-state index contributed by atoms with van der Waals surface area (Å²) in [6, 6.07) is 18.1. The van der Waals surface area contributed by atoms with Crippen molar-refractivity contribution < 1.29 is 23.8 Å². The molecule has 3 aromatic carbocycles. The predicted octanol–water partition coefficient (Wildman–Crippen LogP) is 6.54. The summed E-state index contributed by atoms with van der Waals surface area (Å²) in [4.78, 5) is 26.9. The quantitative estimate of drug-likeness (QED) is 0.348. The highest BCUT2D eigenvalue weighted by molar-refractivity contribution is 8.18. The Balaban J connectivity index is 1.26. The Morgan fingerprint density at radius 2 is 1.68 bits per heavy atom. The van der Waals surface area contributed by atoms with Gasteiger partial charge in [0, 0.05) is 21.7 Å². The van der Waals surface area contributed by atoms with Crippen molar-refractivity contribution in [3.05, 3.63) is 92.3 Å². The van der Waals surface area contributed by atoms with Gasteiger partial charge in [0.15, 0.2) is 11.5 Å². The Morgan fingerprint density at radius 1 is 0.941 bits per heavy atom. The van der Waals surface area contributed by atoms with Crippen LogP contribution in [0.4, 0.5) is 4.79 Å². The van der Waals surface area contributed by atoms with Gasteiger partial charge in [-0.2, -0.15) is 0 Å². The highest BCUT2D eigenvalue weighted by Gasteiger charge is 2.35. The van der Waals surface area contributed by atoms with Crippen molar-refractivity contribution in [3.63, 3.8) is 0 Å². The molecule has 0 radical (unpaired) electrons. The van der Waals surface area contributed by atoms with Crippen LogP contribution in [0.3, 0.4) is 0 Å². The highest BCUT2D eigenvalue weighted by Crippen LogP contribution is 2.39. The standard InChI is InChI=1S/C25H17Cl2NO5S/c26-19-4-2-1-3-16(19)13-31-18-7-5-15(6-8-18)9-23-24(29)28(25(30)34-23)12-17-10-21-22(11-20(17)27)33-14-32-21/h1-11H,12-14H2/b23-9+. The van der Waals surface area contributed by atoms with Gasteiger partial charge in [0.1, 0.15) is 12.4 Å². The molecule has 1 fully saturated rings. The third-order valence-corrected chi connectivity index (χ3v) is 6.90. The largest absolute Gasteiger partial charge is 0.489 e. The number of fused-ring (bicyclic) bond motifs is 1. The molecule has 0 saturated carbocycles. The number of hydrogen-bond acceptors (Lipinski definition) is 6. The van der Waals surface area contributed by atoms with E-state index in [9.17, 15) is 9.59 Å². The molecule has 9 heteroatoms. The molecule has 0 bridgehead atoms. The van der Waals surface area contributed by atoms with Gasteiger partial charge in [-0.25, -0.2) is 0 Å². The van der Waals surface area contributed by atoms with E-state index in [0.717, 1.165) is 22.9 Å². The molecule has 0 spiro atoms. The van der Waals surface area contributed by atoms with E-state index in [4.69, 9.17) is 37.4 Å². The Hall–Kier alpha value is -3.13. The van der Waals surface area contributed by atoms with Crippen LogP contribution in [0.1, 0.15) is 16.7 Å². The topological polar surface area (TPSA) is 65.1 Å². The van der Waals surface area contributed by atoms with Gasteiger partial charge in [-0.3, -0.25) is 14.5 Å². The number of ether oxygens (including phenoxy) is 3. The minimum absolute atomic E-state index is 0.0479. The fourth-order valence-corrected chi connectivity index (χ4v) is 4.72. The minimum Gasteiger partial charge on any atom is -0.489 e. The zero-order chi connectivity index (χ0) is 23.7. The molecule has 2 aliphatic rings. The van der Waals surface area contributed by atoms with E-state index in [0.29, 0.717) is 44.4 Å². The number of carbonyl (C=O) groups is 2. The first kappa shape index (κ1) is 22.7. The van der Waals surface area contributed by atoms with Crippen LogP contribution in [0.15, 0.2) is 65.6 Å². The van der Waals surface area contributed by atoms with E-state index in [-0.39, 0.29) is 24.5 Å². The number of carbonyl (C=O) groups excluding carboxylic acids is 2. The van der Waals surface area contributed by atoms with Gasteiger partial charge in [0.2, 0.25) is 6.79 Å². The number of thioether (sulfide) groups is 1. The molecule has 3 aromatic rings. The van der Waals surface area contributed by atoms with Gasteiger partial charge in [-0.1, -0.05) is 53.5 Å². The Morgan fingerprint density at radius 3 is 2.44 bits per heavy atom. The predicted molar refractivity (Wildman–Crippen MR) is 131 cm³/mol. The molecule has 0 N–H and O–H groups in total. The molecule has 1 saturated heterocycles. The number of amides is 2. The molecular weight excluding hydrogens is 497 g/mol. The summed E-state index contributed by atoms with van der Waals surface area (Å²) in [7, 11) is 0. The number of rotatable bonds is 6. The Bertz CT molecular complexity index is 1310. The second kappa shape index (κ2) is 9.62. The monoisotopic (exact) mass is 513 g/mol. The highest BCUT2D eigenvalue weighted by atomic mass is 35.5. The molecule has 2 amide bonds. The van der Waals surface area contributed by atoms with E-state index in [1.165, 1.54) is 4.90 Å². The summed E-state index contributed by atoms with van der Waals surface area (Å²) in [6.45, 7) is 0.510. The molecule has 0 aliphatic carbocycles. The van der Waals surface area contributed by atoms with Gasteiger partial charge < -0.3 is 14.2 Å². The maximum absolute atomic E-state index is 12.9. The lowest BCUT2D eigenvalue weighted by Gasteiger charge is -2.14. The van der Waals surface area contributed by atoms with Gasteiger partial charge >= 0.3 is 0 Å². The van der Waals surface area contributed by atoms with Crippen molar-refractivity contribution in [2.24, 2.45) is 0 Å². The first-order valence-corrected chi connectivity index (χ1v) is 11.8. The third-order valence-electron chi connectivity index (χ3n) is 5.27. The van der Waals surface area contributed by atoms with Crippen molar-refractivity contribution >= 4 is 52.2 Å². The van der Waals surface area contributed by atoms with Gasteiger partial charge in [0.25, 0.3) is 11.1 Å². The average Bonchev–Trinajstić information content (AvgIpc) is 3.38. The second-order valence-corrected chi connectivity index (χ2v) is 9.32. The molecule has 34 heavy (non-hydrogen) atoms. The number of benzene rings is 3. The number of nitrogens with zero attached hydrogens (tertiary/aromatic N) is 1. The molecule has 0 unspecified atom stereocenters. The number of halogens is 2. The summed E-state index contributed by atoms with van der Waals surface area (Å²) in [5.74, 6) is 1.38. The van der Waals surface area contributed by atoms with Gasteiger partial charge in [-0.05, 0) is 53.2 Å². The lowest BCUT2D eigenvalue weighted by molar-refractivity contribution is -0.123. The normalized spacial score (nSPS) is 15.9. The Kier molecular flexibility index (Phi) is 6.41. The molecule has 5 rings (SSSR count). The van der Waals surface area contributed by atoms with Crippen molar-refractivity contribution in [1.82, 2.24) is 4.90 Å². The van der Waals surface area contributed by atoms with Crippen LogP contribution in [0.25, 0.3) is 6.08 Å². The molecule has 172 valence electrons. The average molecular weight is 514 g/mol. The number of imide groups is 1. The summed E-state index contributed by atoms with van der Waals surface area (Å²) in [5, 5.41) is 0.696. The molecular formula is C25H17Cl2NO5S. The third kappa shape index (κ3) is 4.73. The Labute approximate surface area is 210 Å². The van der Waals surface area contributed by atoms with Crippen LogP contribution in [0, 0.1) is 0 Å². The van der Waals surface area contributed by atoms with E-state index in [1.807, 2.05) is 36.4 Å². The summed E-state index contributed by atoms with van der Waals surface area (Å²) in [6.07, 6.45) is 1.68. The lowest BCUT2D eigenvalue weighted by atomic mass is 10.1. The van der Waals surface area contributed by atoms with Gasteiger partial charge in [-0.15, -0.1) is 0 Å². The molecule has 0 aromatic heterocycles. The molecule has 0 atom stereocenters. The van der Waals surface area contributed by atoms with Crippen LogP contribution < -0.4 is 14.2 Å². The maximum atomic E-state index is 12.9. The van der Waals surface area contributed by atoms with E-state index in [1.54, 1.807) is 30.3 Å². The maximum Gasteiger partial charge on any atom is 0.293 e. The lowest BCUT2D eigenvalue weighted by Crippen LogP contribution is -2.27. The fourth-order valence-electron chi connectivity index (χ4n) is 3.48. The van der Waals surface area contributed by atoms with Crippen LogP contribution in [0.2, 0.25) is 10.0 Å². The first-order chi connectivity index (χ1) is 16.5. The van der Waals surface area contributed by atoms with E-state index < -0.39 is 0 Å². The first-order valence-electron chi connectivity index (χ1n) is 10.3. The van der Waals surface area contributed by atoms with Crippen LogP contribution in [-0.2, 0) is 17.9 Å².